The molecule has 1 aromatic carbocycles. The fourth-order valence-corrected chi connectivity index (χ4v) is 3.66. The topological polar surface area (TPSA) is 34.1 Å². The molecule has 0 bridgehead atoms. The lowest BCUT2D eigenvalue weighted by Crippen LogP contribution is -2.15. The van der Waals surface area contributed by atoms with Crippen LogP contribution in [0.2, 0.25) is 0 Å². The molecule has 17 heavy (non-hydrogen) atoms. The highest BCUT2D eigenvalue weighted by atomic mass is 79.9. The van der Waals surface area contributed by atoms with Gasteiger partial charge in [0.15, 0.2) is 9.84 Å². The summed E-state index contributed by atoms with van der Waals surface area (Å²) >= 11 is 3.62. The molecule has 1 aromatic rings. The predicted octanol–water partition coefficient (Wildman–Crippen LogP) is 3.61. The molecule has 2 unspecified atom stereocenters. The number of hydrogen-bond acceptors (Lipinski definition) is 2. The average molecular weight is 319 g/mol. The summed E-state index contributed by atoms with van der Waals surface area (Å²) < 4.78 is 22.7. The van der Waals surface area contributed by atoms with E-state index in [9.17, 15) is 8.42 Å². The molecule has 96 valence electrons. The molecule has 0 radical (unpaired) electrons. The first-order valence-corrected chi connectivity index (χ1v) is 8.48. The van der Waals surface area contributed by atoms with Gasteiger partial charge in [0.2, 0.25) is 0 Å². The Kier molecular flexibility index (Phi) is 4.78. The zero-order valence-corrected chi connectivity index (χ0v) is 13.0. The third-order valence-electron chi connectivity index (χ3n) is 2.91. The van der Waals surface area contributed by atoms with Gasteiger partial charge in [-0.25, -0.2) is 8.42 Å². The number of benzene rings is 1. The summed E-state index contributed by atoms with van der Waals surface area (Å²) in [5.74, 6) is 0.900. The van der Waals surface area contributed by atoms with Crippen molar-refractivity contribution >= 4 is 25.8 Å². The van der Waals surface area contributed by atoms with Gasteiger partial charge in [0, 0.05) is 11.1 Å². The minimum absolute atomic E-state index is 0.367. The van der Waals surface area contributed by atoms with Gasteiger partial charge in [-0.05, 0) is 29.5 Å². The highest BCUT2D eigenvalue weighted by Crippen LogP contribution is 2.32. The molecule has 1 rings (SSSR count). The Morgan fingerprint density at radius 1 is 1.06 bits per heavy atom. The Balaban J connectivity index is 3.09. The molecule has 0 heterocycles. The molecular weight excluding hydrogens is 300 g/mol. The summed E-state index contributed by atoms with van der Waals surface area (Å²) in [6.07, 6.45) is 1.23. The molecule has 0 aliphatic heterocycles. The first-order chi connectivity index (χ1) is 7.73. The van der Waals surface area contributed by atoms with Crippen molar-refractivity contribution in [1.82, 2.24) is 0 Å². The van der Waals surface area contributed by atoms with E-state index in [4.69, 9.17) is 0 Å². The highest BCUT2D eigenvalue weighted by Gasteiger charge is 2.21. The van der Waals surface area contributed by atoms with E-state index >= 15 is 0 Å². The summed E-state index contributed by atoms with van der Waals surface area (Å²) in [5, 5.41) is 0. The smallest absolute Gasteiger partial charge is 0.175 e. The maximum absolute atomic E-state index is 11.4. The van der Waals surface area contributed by atoms with Crippen LogP contribution in [-0.2, 0) is 9.84 Å². The molecular formula is C13H19BrO2S. The van der Waals surface area contributed by atoms with E-state index in [0.29, 0.717) is 21.6 Å². The minimum atomic E-state index is -3.10. The third kappa shape index (κ3) is 3.81. The first kappa shape index (κ1) is 14.7. The molecule has 0 saturated heterocycles. The fraction of sp³-hybridized carbons (Fsp3) is 0.538. The van der Waals surface area contributed by atoms with Gasteiger partial charge in [0.1, 0.15) is 0 Å². The van der Waals surface area contributed by atoms with Gasteiger partial charge >= 0.3 is 0 Å². The Hall–Kier alpha value is -0.350. The van der Waals surface area contributed by atoms with Crippen molar-refractivity contribution in [1.29, 1.82) is 0 Å². The van der Waals surface area contributed by atoms with Crippen molar-refractivity contribution in [3.63, 3.8) is 0 Å². The van der Waals surface area contributed by atoms with Crippen LogP contribution in [-0.4, -0.2) is 19.5 Å². The van der Waals surface area contributed by atoms with Crippen LogP contribution in [0.5, 0.6) is 0 Å². The van der Waals surface area contributed by atoms with Crippen molar-refractivity contribution in [2.75, 3.05) is 6.26 Å². The van der Waals surface area contributed by atoms with Crippen molar-refractivity contribution < 1.29 is 8.42 Å². The van der Waals surface area contributed by atoms with Gasteiger partial charge < -0.3 is 0 Å². The monoisotopic (exact) mass is 318 g/mol. The lowest BCUT2D eigenvalue weighted by molar-refractivity contribution is 0.498. The molecule has 0 N–H and O–H groups in total. The number of sulfone groups is 1. The Morgan fingerprint density at radius 2 is 1.53 bits per heavy atom. The standard InChI is InChI=1S/C13H19BrO2S/c1-9(2)13(10(3)14)11-5-7-12(8-6-11)17(4,15)16/h5-10,13H,1-4H3. The van der Waals surface area contributed by atoms with E-state index in [2.05, 4.69) is 36.7 Å². The quantitative estimate of drug-likeness (QED) is 0.795. The zero-order valence-electron chi connectivity index (χ0n) is 10.6. The average Bonchev–Trinajstić information content (AvgIpc) is 2.15. The number of hydrogen-bond donors (Lipinski definition) is 0. The maximum Gasteiger partial charge on any atom is 0.175 e. The van der Waals surface area contributed by atoms with Gasteiger partial charge in [-0.1, -0.05) is 48.8 Å². The Morgan fingerprint density at radius 3 is 1.82 bits per heavy atom. The second-order valence-electron chi connectivity index (χ2n) is 4.79. The second-order valence-corrected chi connectivity index (χ2v) is 8.25. The van der Waals surface area contributed by atoms with Gasteiger partial charge in [-0.15, -0.1) is 0 Å². The molecule has 0 aliphatic carbocycles. The molecule has 0 aromatic heterocycles. The third-order valence-corrected chi connectivity index (χ3v) is 4.60. The number of halogens is 1. The van der Waals surface area contributed by atoms with E-state index < -0.39 is 9.84 Å². The maximum atomic E-state index is 11.4. The van der Waals surface area contributed by atoms with E-state index in [0.717, 1.165) is 0 Å². The normalized spacial score (nSPS) is 15.9. The second kappa shape index (κ2) is 5.53. The largest absolute Gasteiger partial charge is 0.224 e. The summed E-state index contributed by atoms with van der Waals surface area (Å²) in [4.78, 5) is 0.748. The zero-order chi connectivity index (χ0) is 13.2. The molecule has 0 fully saturated rings. The first-order valence-electron chi connectivity index (χ1n) is 5.67. The molecule has 2 atom stereocenters. The van der Waals surface area contributed by atoms with E-state index in [1.165, 1.54) is 11.8 Å². The van der Waals surface area contributed by atoms with Gasteiger partial charge in [-0.3, -0.25) is 0 Å². The van der Waals surface area contributed by atoms with Crippen molar-refractivity contribution in [2.45, 2.75) is 36.4 Å². The summed E-state index contributed by atoms with van der Waals surface area (Å²) in [6.45, 7) is 6.47. The van der Waals surface area contributed by atoms with Gasteiger partial charge in [0.05, 0.1) is 4.90 Å². The molecule has 0 amide bonds. The van der Waals surface area contributed by atoms with E-state index in [1.807, 2.05) is 12.1 Å². The van der Waals surface area contributed by atoms with Gasteiger partial charge in [-0.2, -0.15) is 0 Å². The van der Waals surface area contributed by atoms with Crippen LogP contribution in [0.3, 0.4) is 0 Å². The van der Waals surface area contributed by atoms with Crippen LogP contribution in [0, 0.1) is 5.92 Å². The van der Waals surface area contributed by atoms with Crippen molar-refractivity contribution in [3.05, 3.63) is 29.8 Å². The van der Waals surface area contributed by atoms with Crippen LogP contribution < -0.4 is 0 Å². The fourth-order valence-electron chi connectivity index (χ4n) is 2.12. The number of rotatable bonds is 4. The molecule has 0 spiro atoms. The lowest BCUT2D eigenvalue weighted by atomic mass is 9.86. The van der Waals surface area contributed by atoms with E-state index in [-0.39, 0.29) is 0 Å². The minimum Gasteiger partial charge on any atom is -0.224 e. The lowest BCUT2D eigenvalue weighted by Gasteiger charge is -2.24. The van der Waals surface area contributed by atoms with Crippen molar-refractivity contribution in [2.24, 2.45) is 5.92 Å². The summed E-state index contributed by atoms with van der Waals surface area (Å²) in [5.41, 5.74) is 1.18. The van der Waals surface area contributed by atoms with Crippen LogP contribution in [0.25, 0.3) is 0 Å². The highest BCUT2D eigenvalue weighted by molar-refractivity contribution is 9.09. The summed E-state index contributed by atoms with van der Waals surface area (Å²) in [6, 6.07) is 7.21. The predicted molar refractivity (Wildman–Crippen MR) is 75.5 cm³/mol. The van der Waals surface area contributed by atoms with Crippen LogP contribution in [0.15, 0.2) is 29.2 Å². The SMILES string of the molecule is CC(C)C(c1ccc(S(C)(=O)=O)cc1)C(C)Br. The van der Waals surface area contributed by atoms with E-state index in [1.54, 1.807) is 12.1 Å². The van der Waals surface area contributed by atoms with Crippen LogP contribution in [0.1, 0.15) is 32.3 Å². The number of alkyl halides is 1. The van der Waals surface area contributed by atoms with Crippen LogP contribution in [0.4, 0.5) is 0 Å². The molecule has 2 nitrogen and oxygen atoms in total. The molecule has 0 saturated carbocycles. The Labute approximate surface area is 112 Å². The molecule has 0 aliphatic rings. The van der Waals surface area contributed by atoms with Crippen LogP contribution >= 0.6 is 15.9 Å². The van der Waals surface area contributed by atoms with Crippen molar-refractivity contribution in [3.8, 4) is 0 Å². The Bertz CT molecular complexity index is 453. The van der Waals surface area contributed by atoms with Gasteiger partial charge in [0.25, 0.3) is 0 Å². The molecule has 4 heteroatoms. The summed E-state index contributed by atoms with van der Waals surface area (Å²) in [7, 11) is -3.10.